The Morgan fingerprint density at radius 3 is 2.37 bits per heavy atom. The van der Waals surface area contributed by atoms with Gasteiger partial charge in [-0.2, -0.15) is 0 Å². The summed E-state index contributed by atoms with van der Waals surface area (Å²) in [5, 5.41) is 12.1. The molecule has 0 atom stereocenters. The van der Waals surface area contributed by atoms with Crippen molar-refractivity contribution in [2.45, 2.75) is 0 Å². The van der Waals surface area contributed by atoms with Gasteiger partial charge in [-0.1, -0.05) is 48.5 Å². The van der Waals surface area contributed by atoms with E-state index in [1.54, 1.807) is 6.21 Å². The van der Waals surface area contributed by atoms with E-state index in [1.807, 2.05) is 66.7 Å². The van der Waals surface area contributed by atoms with Crippen LogP contribution in [0.25, 0.3) is 10.8 Å². The first-order valence-electron chi connectivity index (χ1n) is 6.14. The molecular weight excluding hydrogens is 234 g/mol. The standard InChI is InChI=1S/C17H13NO/c19-17-14(12-18-15-7-2-1-3-8-15)11-10-13-6-4-5-9-16(13)17/h1-12,19H/b18-12+. The SMILES string of the molecule is Oc1c(/C=N/c2ccccc2)ccc2ccccc12. The Hall–Kier alpha value is -2.61. The number of aromatic hydroxyl groups is 1. The van der Waals surface area contributed by atoms with E-state index in [0.717, 1.165) is 22.0 Å². The largest absolute Gasteiger partial charge is 0.507 e. The minimum absolute atomic E-state index is 0.276. The lowest BCUT2D eigenvalue weighted by Gasteiger charge is -2.03. The number of hydrogen-bond acceptors (Lipinski definition) is 2. The van der Waals surface area contributed by atoms with Crippen LogP contribution < -0.4 is 0 Å². The Bertz CT molecular complexity index is 733. The van der Waals surface area contributed by atoms with Gasteiger partial charge in [0, 0.05) is 17.2 Å². The molecule has 0 fully saturated rings. The zero-order chi connectivity index (χ0) is 13.1. The van der Waals surface area contributed by atoms with Crippen LogP contribution in [0.15, 0.2) is 71.7 Å². The lowest BCUT2D eigenvalue weighted by atomic mass is 10.1. The van der Waals surface area contributed by atoms with E-state index in [4.69, 9.17) is 0 Å². The summed E-state index contributed by atoms with van der Waals surface area (Å²) in [6.45, 7) is 0. The first-order chi connectivity index (χ1) is 9.34. The molecule has 0 aliphatic heterocycles. The molecule has 0 aliphatic rings. The van der Waals surface area contributed by atoms with E-state index in [0.29, 0.717) is 0 Å². The van der Waals surface area contributed by atoms with Gasteiger partial charge in [0.15, 0.2) is 0 Å². The van der Waals surface area contributed by atoms with Crippen LogP contribution in [0.2, 0.25) is 0 Å². The van der Waals surface area contributed by atoms with Crippen molar-refractivity contribution in [2.75, 3.05) is 0 Å². The third-order valence-corrected chi connectivity index (χ3v) is 3.04. The second-order valence-corrected chi connectivity index (χ2v) is 4.32. The number of para-hydroxylation sites is 1. The van der Waals surface area contributed by atoms with Crippen LogP contribution in [-0.2, 0) is 0 Å². The monoisotopic (exact) mass is 247 g/mol. The average molecular weight is 247 g/mol. The molecule has 2 nitrogen and oxygen atoms in total. The Balaban J connectivity index is 2.02. The summed E-state index contributed by atoms with van der Waals surface area (Å²) in [6.07, 6.45) is 1.69. The zero-order valence-corrected chi connectivity index (χ0v) is 10.3. The summed E-state index contributed by atoms with van der Waals surface area (Å²) in [5.41, 5.74) is 1.60. The molecular formula is C17H13NO. The molecule has 3 rings (SSSR count). The highest BCUT2D eigenvalue weighted by Crippen LogP contribution is 2.27. The molecule has 1 N–H and O–H groups in total. The highest BCUT2D eigenvalue weighted by molar-refractivity contribution is 5.97. The number of rotatable bonds is 2. The third-order valence-electron chi connectivity index (χ3n) is 3.04. The maximum absolute atomic E-state index is 10.2. The van der Waals surface area contributed by atoms with E-state index >= 15 is 0 Å². The second-order valence-electron chi connectivity index (χ2n) is 4.32. The summed E-state index contributed by atoms with van der Waals surface area (Å²) in [7, 11) is 0. The molecule has 0 spiro atoms. The van der Waals surface area contributed by atoms with Crippen LogP contribution in [0.4, 0.5) is 5.69 Å². The number of fused-ring (bicyclic) bond motifs is 1. The number of aliphatic imine (C=N–C) groups is 1. The number of nitrogens with zero attached hydrogens (tertiary/aromatic N) is 1. The Morgan fingerprint density at radius 1 is 0.789 bits per heavy atom. The Morgan fingerprint density at radius 2 is 1.53 bits per heavy atom. The van der Waals surface area contributed by atoms with Gasteiger partial charge in [0.2, 0.25) is 0 Å². The highest BCUT2D eigenvalue weighted by atomic mass is 16.3. The molecule has 0 unspecified atom stereocenters. The maximum Gasteiger partial charge on any atom is 0.132 e. The van der Waals surface area contributed by atoms with Gasteiger partial charge < -0.3 is 5.11 Å². The molecule has 2 heteroatoms. The van der Waals surface area contributed by atoms with Gasteiger partial charge in [-0.05, 0) is 23.6 Å². The van der Waals surface area contributed by atoms with Gasteiger partial charge in [-0.3, -0.25) is 4.99 Å². The van der Waals surface area contributed by atoms with Gasteiger partial charge in [0.1, 0.15) is 5.75 Å². The molecule has 3 aromatic rings. The van der Waals surface area contributed by atoms with Gasteiger partial charge in [0.05, 0.1) is 5.69 Å². The molecule has 0 heterocycles. The summed E-state index contributed by atoms with van der Waals surface area (Å²) in [5.74, 6) is 0.276. The van der Waals surface area contributed by atoms with Gasteiger partial charge in [-0.15, -0.1) is 0 Å². The second kappa shape index (κ2) is 4.94. The smallest absolute Gasteiger partial charge is 0.132 e. The summed E-state index contributed by atoms with van der Waals surface area (Å²) < 4.78 is 0. The zero-order valence-electron chi connectivity index (χ0n) is 10.3. The lowest BCUT2D eigenvalue weighted by molar-refractivity contribution is 0.481. The van der Waals surface area contributed by atoms with Gasteiger partial charge >= 0.3 is 0 Å². The van der Waals surface area contributed by atoms with Gasteiger partial charge in [-0.25, -0.2) is 0 Å². The number of phenolic OH excluding ortho intramolecular Hbond substituents is 1. The molecule has 0 aliphatic carbocycles. The van der Waals surface area contributed by atoms with Crippen LogP contribution in [0, 0.1) is 0 Å². The Kier molecular flexibility index (Phi) is 2.99. The van der Waals surface area contributed by atoms with Crippen molar-refractivity contribution in [1.29, 1.82) is 0 Å². The molecule has 0 bridgehead atoms. The molecule has 0 saturated heterocycles. The molecule has 3 aromatic carbocycles. The normalized spacial score (nSPS) is 11.2. The third kappa shape index (κ3) is 2.33. The quantitative estimate of drug-likeness (QED) is 0.673. The van der Waals surface area contributed by atoms with E-state index < -0.39 is 0 Å². The summed E-state index contributed by atoms with van der Waals surface area (Å²) >= 11 is 0. The topological polar surface area (TPSA) is 32.6 Å². The molecule has 92 valence electrons. The van der Waals surface area contributed by atoms with Crippen LogP contribution in [0.1, 0.15) is 5.56 Å². The highest BCUT2D eigenvalue weighted by Gasteiger charge is 2.03. The Labute approximate surface area is 111 Å². The van der Waals surface area contributed by atoms with Crippen LogP contribution in [0.5, 0.6) is 5.75 Å². The first kappa shape index (κ1) is 11.5. The van der Waals surface area contributed by atoms with Crippen molar-refractivity contribution in [2.24, 2.45) is 4.99 Å². The molecule has 0 saturated carbocycles. The minimum atomic E-state index is 0.276. The average Bonchev–Trinajstić information content (AvgIpc) is 2.48. The van der Waals surface area contributed by atoms with E-state index in [2.05, 4.69) is 4.99 Å². The molecule has 0 radical (unpaired) electrons. The number of phenols is 1. The van der Waals surface area contributed by atoms with Crippen molar-refractivity contribution in [3.05, 3.63) is 72.3 Å². The number of hydrogen-bond donors (Lipinski definition) is 1. The van der Waals surface area contributed by atoms with Gasteiger partial charge in [0.25, 0.3) is 0 Å². The van der Waals surface area contributed by atoms with E-state index in [-0.39, 0.29) is 5.75 Å². The van der Waals surface area contributed by atoms with Crippen LogP contribution >= 0.6 is 0 Å². The van der Waals surface area contributed by atoms with Crippen LogP contribution in [-0.4, -0.2) is 11.3 Å². The molecule has 0 amide bonds. The van der Waals surface area contributed by atoms with Crippen molar-refractivity contribution >= 4 is 22.7 Å². The fraction of sp³-hybridized carbons (Fsp3) is 0. The van der Waals surface area contributed by atoms with E-state index in [1.165, 1.54) is 0 Å². The first-order valence-corrected chi connectivity index (χ1v) is 6.14. The van der Waals surface area contributed by atoms with E-state index in [9.17, 15) is 5.11 Å². The fourth-order valence-electron chi connectivity index (χ4n) is 2.03. The maximum atomic E-state index is 10.2. The molecule has 0 aromatic heterocycles. The van der Waals surface area contributed by atoms with Crippen molar-refractivity contribution in [1.82, 2.24) is 0 Å². The fourth-order valence-corrected chi connectivity index (χ4v) is 2.03. The minimum Gasteiger partial charge on any atom is -0.507 e. The van der Waals surface area contributed by atoms with Crippen LogP contribution in [0.3, 0.4) is 0 Å². The molecule has 19 heavy (non-hydrogen) atoms. The van der Waals surface area contributed by atoms with Crippen molar-refractivity contribution in [3.8, 4) is 5.75 Å². The summed E-state index contributed by atoms with van der Waals surface area (Å²) in [4.78, 5) is 4.36. The lowest BCUT2D eigenvalue weighted by Crippen LogP contribution is -1.84. The van der Waals surface area contributed by atoms with Crippen molar-refractivity contribution in [3.63, 3.8) is 0 Å². The number of benzene rings is 3. The van der Waals surface area contributed by atoms with Crippen molar-refractivity contribution < 1.29 is 5.11 Å². The predicted octanol–water partition coefficient (Wildman–Crippen LogP) is 4.30. The summed E-state index contributed by atoms with van der Waals surface area (Å²) in [6, 6.07) is 21.3. The predicted molar refractivity (Wildman–Crippen MR) is 79.3 cm³/mol.